The van der Waals surface area contributed by atoms with Crippen LogP contribution in [0.25, 0.3) is 0 Å². The van der Waals surface area contributed by atoms with E-state index in [1.54, 1.807) is 13.0 Å². The Bertz CT molecular complexity index is 978. The minimum Gasteiger partial charge on any atom is -0.507 e. The smallest absolute Gasteiger partial charge is 0.303 e. The maximum Gasteiger partial charge on any atom is 0.303 e. The Morgan fingerprint density at radius 1 is 1.06 bits per heavy atom. The fourth-order valence-electron chi connectivity index (χ4n) is 9.31. The zero-order chi connectivity index (χ0) is 25.8. The third kappa shape index (κ3) is 3.69. The molecule has 6 heteroatoms. The summed E-state index contributed by atoms with van der Waals surface area (Å²) >= 11 is 0. The lowest BCUT2D eigenvalue weighted by Crippen LogP contribution is -2.55. The van der Waals surface area contributed by atoms with Crippen molar-refractivity contribution in [2.45, 2.75) is 98.3 Å². The van der Waals surface area contributed by atoms with Crippen molar-refractivity contribution in [1.29, 1.82) is 0 Å². The van der Waals surface area contributed by atoms with Gasteiger partial charge in [0.1, 0.15) is 11.5 Å². The molecule has 4 rings (SSSR count). The number of fused-ring (bicyclic) bond motifs is 5. The minimum absolute atomic E-state index is 0.121. The van der Waals surface area contributed by atoms with Crippen LogP contribution in [0.3, 0.4) is 0 Å². The van der Waals surface area contributed by atoms with Gasteiger partial charge in [0, 0.05) is 11.8 Å². The van der Waals surface area contributed by atoms with Gasteiger partial charge in [0.15, 0.2) is 0 Å². The second-order valence-corrected chi connectivity index (χ2v) is 12.3. The van der Waals surface area contributed by atoms with Crippen LogP contribution in [-0.2, 0) is 14.4 Å². The fraction of sp³-hybridized carbons (Fsp3) is 0.759. The first-order valence-electron chi connectivity index (χ1n) is 13.5. The largest absolute Gasteiger partial charge is 0.507 e. The van der Waals surface area contributed by atoms with Crippen LogP contribution in [0.4, 0.5) is 0 Å². The lowest BCUT2D eigenvalue weighted by molar-refractivity contribution is -0.145. The molecule has 0 aromatic rings. The molecule has 4 aliphatic carbocycles. The highest BCUT2D eigenvalue weighted by atomic mass is 16.4. The predicted octanol–water partition coefficient (Wildman–Crippen LogP) is 6.31. The Balaban J connectivity index is 1.59. The molecule has 0 heterocycles. The Kier molecular flexibility index (Phi) is 6.74. The maximum atomic E-state index is 13.4. The Morgan fingerprint density at radius 2 is 1.74 bits per heavy atom. The third-order valence-corrected chi connectivity index (χ3v) is 11.0. The predicted molar refractivity (Wildman–Crippen MR) is 133 cm³/mol. The van der Waals surface area contributed by atoms with Gasteiger partial charge < -0.3 is 15.3 Å². The zero-order valence-corrected chi connectivity index (χ0v) is 21.7. The molecular weight excluding hydrogens is 444 g/mol. The molecule has 6 nitrogen and oxygen atoms in total. The number of carboxylic acids is 1. The molecule has 3 N–H and O–H groups in total. The van der Waals surface area contributed by atoms with E-state index in [2.05, 4.69) is 13.8 Å². The standard InChI is InChI=1S/C29H42O6/c1-17-15-22-20-11-10-19-16-23(31)25(34)26(35)28(19,4)21(20)12-14-27(22,3)29(17,18(2)30)13-8-6-5-7-9-24(32)33/h16-17,20-22,34-35H,5-15H2,1-4H3,(H,32,33)/t17-,20+,21-,22-,27-,28-,29+/m0/s1. The summed E-state index contributed by atoms with van der Waals surface area (Å²) in [6.07, 6.45) is 10.5. The van der Waals surface area contributed by atoms with Crippen LogP contribution >= 0.6 is 0 Å². The monoisotopic (exact) mass is 486 g/mol. The van der Waals surface area contributed by atoms with Crippen LogP contribution in [0, 0.1) is 39.9 Å². The summed E-state index contributed by atoms with van der Waals surface area (Å²) in [5.41, 5.74) is -0.274. The van der Waals surface area contributed by atoms with Gasteiger partial charge in [-0.3, -0.25) is 14.4 Å². The molecule has 35 heavy (non-hydrogen) atoms. The molecule has 3 fully saturated rings. The number of ketones is 2. The minimum atomic E-state index is -0.752. The van der Waals surface area contributed by atoms with Gasteiger partial charge in [-0.2, -0.15) is 0 Å². The number of hydrogen-bond acceptors (Lipinski definition) is 5. The quantitative estimate of drug-likeness (QED) is 0.347. The molecule has 0 spiro atoms. The number of carbonyl (C=O) groups excluding carboxylic acids is 2. The van der Waals surface area contributed by atoms with E-state index in [0.29, 0.717) is 18.3 Å². The van der Waals surface area contributed by atoms with Gasteiger partial charge in [-0.05, 0) is 94.0 Å². The van der Waals surface area contributed by atoms with E-state index in [9.17, 15) is 24.6 Å². The topological polar surface area (TPSA) is 112 Å². The first kappa shape index (κ1) is 26.0. The van der Waals surface area contributed by atoms with Gasteiger partial charge in [0.05, 0.1) is 5.41 Å². The van der Waals surface area contributed by atoms with E-state index in [0.717, 1.165) is 63.4 Å². The molecule has 7 atom stereocenters. The van der Waals surface area contributed by atoms with Crippen LogP contribution in [0.5, 0.6) is 0 Å². The van der Waals surface area contributed by atoms with Gasteiger partial charge in [0.25, 0.3) is 0 Å². The molecule has 0 amide bonds. The molecule has 0 aliphatic heterocycles. The number of unbranched alkanes of at least 4 members (excludes halogenated alkanes) is 3. The number of hydrogen-bond donors (Lipinski definition) is 3. The second kappa shape index (κ2) is 9.08. The Morgan fingerprint density at radius 3 is 2.40 bits per heavy atom. The van der Waals surface area contributed by atoms with Gasteiger partial charge in [-0.15, -0.1) is 0 Å². The third-order valence-electron chi connectivity index (χ3n) is 11.0. The summed E-state index contributed by atoms with van der Waals surface area (Å²) in [7, 11) is 0. The van der Waals surface area contributed by atoms with Gasteiger partial charge in [-0.1, -0.05) is 38.7 Å². The summed E-state index contributed by atoms with van der Waals surface area (Å²) in [4.78, 5) is 36.4. The summed E-state index contributed by atoms with van der Waals surface area (Å²) in [5.74, 6) is -0.541. The normalized spacial score (nSPS) is 40.6. The van der Waals surface area contributed by atoms with E-state index in [-0.39, 0.29) is 40.6 Å². The summed E-state index contributed by atoms with van der Waals surface area (Å²) in [5, 5.41) is 30.2. The lowest BCUT2D eigenvalue weighted by atomic mass is 9.44. The average Bonchev–Trinajstić information content (AvgIpc) is 3.03. The number of carboxylic acid groups (broad SMARTS) is 1. The highest BCUT2D eigenvalue weighted by Gasteiger charge is 2.68. The van der Waals surface area contributed by atoms with E-state index in [4.69, 9.17) is 5.11 Å². The number of aliphatic carboxylic acids is 1. The van der Waals surface area contributed by atoms with Crippen molar-refractivity contribution in [3.8, 4) is 0 Å². The van der Waals surface area contributed by atoms with Gasteiger partial charge >= 0.3 is 5.97 Å². The summed E-state index contributed by atoms with van der Waals surface area (Å²) < 4.78 is 0. The van der Waals surface area contributed by atoms with Gasteiger partial charge in [0.2, 0.25) is 11.5 Å². The molecule has 3 saturated carbocycles. The summed E-state index contributed by atoms with van der Waals surface area (Å²) in [6, 6.07) is 0. The highest BCUT2D eigenvalue weighted by molar-refractivity contribution is 6.04. The average molecular weight is 487 g/mol. The number of rotatable bonds is 8. The van der Waals surface area contributed by atoms with E-state index < -0.39 is 22.9 Å². The molecule has 0 aromatic carbocycles. The van der Waals surface area contributed by atoms with Crippen molar-refractivity contribution in [1.82, 2.24) is 0 Å². The SMILES string of the molecule is CC(=O)[C@@]1(CCCCCCC(=O)O)[C@@H](C)C[C@H]2[C@@H]3CCC4=CC(=O)C(O)=C(O)[C@]4(C)[C@H]3CC[C@@]21C. The molecular formula is C29H42O6. The molecule has 0 unspecified atom stereocenters. The van der Waals surface area contributed by atoms with E-state index in [1.807, 2.05) is 6.92 Å². The highest BCUT2D eigenvalue weighted by Crippen LogP contribution is 2.72. The van der Waals surface area contributed by atoms with Crippen molar-refractivity contribution in [2.24, 2.45) is 39.9 Å². The zero-order valence-electron chi connectivity index (χ0n) is 21.7. The van der Waals surface area contributed by atoms with Crippen molar-refractivity contribution >= 4 is 17.5 Å². The number of aliphatic hydroxyl groups excluding tert-OH is 2. The summed E-state index contributed by atoms with van der Waals surface area (Å²) in [6.45, 7) is 8.32. The number of allylic oxidation sites excluding steroid dienone is 2. The van der Waals surface area contributed by atoms with Crippen LogP contribution in [0.15, 0.2) is 23.2 Å². The van der Waals surface area contributed by atoms with Crippen LogP contribution < -0.4 is 0 Å². The van der Waals surface area contributed by atoms with Crippen molar-refractivity contribution in [2.75, 3.05) is 0 Å². The number of Topliss-reactive ketones (excluding diaryl/α,β-unsaturated/α-hetero) is 1. The van der Waals surface area contributed by atoms with Crippen LogP contribution in [0.2, 0.25) is 0 Å². The molecule has 194 valence electrons. The van der Waals surface area contributed by atoms with Crippen molar-refractivity contribution < 1.29 is 29.7 Å². The molecule has 0 aromatic heterocycles. The van der Waals surface area contributed by atoms with Crippen molar-refractivity contribution in [3.05, 3.63) is 23.2 Å². The van der Waals surface area contributed by atoms with Crippen molar-refractivity contribution in [3.63, 3.8) is 0 Å². The van der Waals surface area contributed by atoms with Crippen LogP contribution in [0.1, 0.15) is 98.3 Å². The van der Waals surface area contributed by atoms with E-state index in [1.165, 1.54) is 0 Å². The lowest BCUT2D eigenvalue weighted by Gasteiger charge is -2.59. The first-order chi connectivity index (χ1) is 16.4. The molecule has 0 radical (unpaired) electrons. The van der Waals surface area contributed by atoms with E-state index >= 15 is 0 Å². The Hall–Kier alpha value is -2.11. The first-order valence-corrected chi connectivity index (χ1v) is 13.5. The second-order valence-electron chi connectivity index (χ2n) is 12.3. The molecule has 0 bridgehead atoms. The van der Waals surface area contributed by atoms with Crippen LogP contribution in [-0.4, -0.2) is 32.9 Å². The number of aliphatic hydroxyl groups is 2. The van der Waals surface area contributed by atoms with Gasteiger partial charge in [-0.25, -0.2) is 0 Å². The maximum absolute atomic E-state index is 13.4. The fourth-order valence-corrected chi connectivity index (χ4v) is 9.31. The number of carbonyl (C=O) groups is 3. The molecule has 0 saturated heterocycles. The Labute approximate surface area is 208 Å². The molecule has 4 aliphatic rings.